The Bertz CT molecular complexity index is 757. The monoisotopic (exact) mass is 427 g/mol. The number of aromatic nitrogens is 4. The molecule has 23 heavy (non-hydrogen) atoms. The molecule has 2 aromatic heterocycles. The summed E-state index contributed by atoms with van der Waals surface area (Å²) in [5.74, 6) is 0.313. The molecule has 3 rings (SSSR count). The molecule has 1 aliphatic heterocycles. The first-order valence-corrected chi connectivity index (χ1v) is 8.71. The summed E-state index contributed by atoms with van der Waals surface area (Å²) in [5, 5.41) is 5.36. The van der Waals surface area contributed by atoms with Crippen LogP contribution in [0.15, 0.2) is 6.33 Å². The number of carbonyl (C=O) groups excluding carboxylic acids is 1. The van der Waals surface area contributed by atoms with Gasteiger partial charge in [0.15, 0.2) is 5.65 Å². The fourth-order valence-corrected chi connectivity index (χ4v) is 3.74. The number of rotatable bonds is 2. The number of hydrogen-bond acceptors (Lipinski definition) is 6. The van der Waals surface area contributed by atoms with Crippen LogP contribution < -0.4 is 5.73 Å². The zero-order chi connectivity index (χ0) is 16.8. The number of fused-ring (bicyclic) bond motifs is 1. The smallest absolute Gasteiger partial charge is 0.280 e. The van der Waals surface area contributed by atoms with E-state index in [1.807, 2.05) is 25.5 Å². The highest BCUT2D eigenvalue weighted by Gasteiger charge is 2.38. The second-order valence-corrected chi connectivity index (χ2v) is 7.91. The third kappa shape index (κ3) is 3.29. The predicted octanol–water partition coefficient (Wildman–Crippen LogP) is 2.97. The highest BCUT2D eigenvalue weighted by atomic mass is 127. The molecule has 0 saturated carbocycles. The van der Waals surface area contributed by atoms with Crippen molar-refractivity contribution in [3.05, 3.63) is 10.0 Å². The van der Waals surface area contributed by atoms with Crippen molar-refractivity contribution in [2.75, 3.05) is 5.73 Å². The highest BCUT2D eigenvalue weighted by Crippen LogP contribution is 2.35. The van der Waals surface area contributed by atoms with Crippen LogP contribution in [0, 0.1) is 3.70 Å². The van der Waals surface area contributed by atoms with E-state index in [4.69, 9.17) is 10.5 Å². The lowest BCUT2D eigenvalue weighted by molar-refractivity contribution is 0.0710. The van der Waals surface area contributed by atoms with Gasteiger partial charge in [-0.3, -0.25) is 4.79 Å². The van der Waals surface area contributed by atoms with E-state index in [9.17, 15) is 4.79 Å². The molecule has 3 heterocycles. The molecule has 0 aliphatic carbocycles. The number of anilines is 1. The minimum atomic E-state index is -0.454. The molecule has 1 aliphatic rings. The summed E-state index contributed by atoms with van der Waals surface area (Å²) >= 11 is 2.14. The highest BCUT2D eigenvalue weighted by molar-refractivity contribution is 14.1. The quantitative estimate of drug-likeness (QED) is 0.585. The largest absolute Gasteiger partial charge is 0.468 e. The van der Waals surface area contributed by atoms with E-state index < -0.39 is 5.60 Å². The Hall–Kier alpha value is -1.39. The number of nitrogens with zero attached hydrogens (tertiary/aromatic N) is 4. The lowest BCUT2D eigenvalue weighted by Gasteiger charge is -2.21. The molecule has 2 N–H and O–H groups in total. The average Bonchev–Trinajstić information content (AvgIpc) is 3.02. The number of halogens is 1. The number of carbonyl (C=O) groups is 1. The molecule has 1 unspecified atom stereocenters. The maximum Gasteiger partial charge on any atom is 0.280 e. The first kappa shape index (κ1) is 16.5. The van der Waals surface area contributed by atoms with E-state index in [1.54, 1.807) is 0 Å². The lowest BCUT2D eigenvalue weighted by atomic mass is 9.48. The molecule has 1 saturated heterocycles. The molecular weight excluding hydrogens is 408 g/mol. The molecule has 0 radical (unpaired) electrons. The summed E-state index contributed by atoms with van der Waals surface area (Å²) in [7, 11) is 0. The van der Waals surface area contributed by atoms with Gasteiger partial charge in [0.2, 0.25) is 0 Å². The Labute approximate surface area is 148 Å². The molecule has 1 atom stereocenters. The second-order valence-electron chi connectivity index (χ2n) is 6.89. The van der Waals surface area contributed by atoms with Crippen molar-refractivity contribution >= 4 is 52.0 Å². The van der Waals surface area contributed by atoms with Gasteiger partial charge in [-0.2, -0.15) is 5.10 Å². The van der Waals surface area contributed by atoms with Gasteiger partial charge in [0.25, 0.3) is 12.6 Å². The summed E-state index contributed by atoms with van der Waals surface area (Å²) in [6.45, 7) is 5.58. The van der Waals surface area contributed by atoms with Crippen molar-refractivity contribution < 1.29 is 9.53 Å². The zero-order valence-corrected chi connectivity index (χ0v) is 15.6. The summed E-state index contributed by atoms with van der Waals surface area (Å²) in [6, 6.07) is 0.132. The van der Waals surface area contributed by atoms with Gasteiger partial charge in [0, 0.05) is 6.04 Å². The van der Waals surface area contributed by atoms with E-state index in [0.717, 1.165) is 27.5 Å². The third-order valence-corrected chi connectivity index (χ3v) is 4.72. The van der Waals surface area contributed by atoms with Crippen molar-refractivity contribution in [3.63, 3.8) is 0 Å². The Morgan fingerprint density at radius 1 is 1.48 bits per heavy atom. The van der Waals surface area contributed by atoms with E-state index in [2.05, 4.69) is 37.7 Å². The number of nitrogens with two attached hydrogens (primary N) is 1. The van der Waals surface area contributed by atoms with Gasteiger partial charge in [-0.1, -0.05) is 6.32 Å². The molecule has 2 aromatic rings. The molecular formula is C14H19BIN5O2. The molecule has 0 spiro atoms. The van der Waals surface area contributed by atoms with Crippen LogP contribution in [0.1, 0.15) is 33.2 Å². The van der Waals surface area contributed by atoms with Crippen LogP contribution >= 0.6 is 22.6 Å². The molecule has 9 heteroatoms. The van der Waals surface area contributed by atoms with Gasteiger partial charge in [0.05, 0.1) is 5.39 Å². The van der Waals surface area contributed by atoms with Crippen molar-refractivity contribution in [1.29, 1.82) is 0 Å². The first-order chi connectivity index (χ1) is 10.8. The van der Waals surface area contributed by atoms with Crippen LogP contribution in [-0.2, 0) is 4.74 Å². The fraction of sp³-hybridized carbons (Fsp3) is 0.571. The van der Waals surface area contributed by atoms with Gasteiger partial charge >= 0.3 is 0 Å². The van der Waals surface area contributed by atoms with Gasteiger partial charge in [-0.15, -0.1) is 0 Å². The molecule has 1 fully saturated rings. The molecule has 122 valence electrons. The van der Waals surface area contributed by atoms with E-state index in [-0.39, 0.29) is 18.6 Å². The van der Waals surface area contributed by atoms with Crippen LogP contribution in [0.5, 0.6) is 0 Å². The van der Waals surface area contributed by atoms with Crippen LogP contribution in [0.2, 0.25) is 12.6 Å². The number of ether oxygens (including phenoxy) is 1. The summed E-state index contributed by atoms with van der Waals surface area (Å²) in [4.78, 5) is 20.6. The fourth-order valence-electron chi connectivity index (χ4n) is 2.99. The summed E-state index contributed by atoms with van der Waals surface area (Å²) < 4.78 is 8.18. The Morgan fingerprint density at radius 2 is 2.22 bits per heavy atom. The van der Waals surface area contributed by atoms with Gasteiger partial charge in [-0.05, 0) is 56.1 Å². The van der Waals surface area contributed by atoms with Gasteiger partial charge < -0.3 is 10.5 Å². The van der Waals surface area contributed by atoms with Crippen LogP contribution in [0.4, 0.5) is 10.6 Å². The molecule has 0 aromatic carbocycles. The van der Waals surface area contributed by atoms with Gasteiger partial charge in [-0.25, -0.2) is 14.6 Å². The third-order valence-electron chi connectivity index (χ3n) is 3.97. The SMILES string of the molecule is CC(C)(C)OC(=O)B1CCC(n2nc(I)c3c(N)ncnc32)C1. The Morgan fingerprint density at radius 3 is 2.91 bits per heavy atom. The standard InChI is InChI=1S/C14H19BIN5O2/c1-14(2,3)23-13(22)15-5-4-8(6-15)21-12-9(10(16)20-21)11(17)18-7-19-12/h7-8H,4-6H2,1-3H3,(H2,17,18,19). The Kier molecular flexibility index (Phi) is 4.24. The topological polar surface area (TPSA) is 95.9 Å². The molecule has 0 bridgehead atoms. The van der Waals surface area contributed by atoms with Gasteiger partial charge in [0.1, 0.15) is 21.4 Å². The Balaban J connectivity index is 1.83. The minimum Gasteiger partial charge on any atom is -0.468 e. The number of hydrogen-bond donors (Lipinski definition) is 1. The summed E-state index contributed by atoms with van der Waals surface area (Å²) in [5.41, 5.74) is 6.21. The minimum absolute atomic E-state index is 0.0877. The molecule has 0 amide bonds. The van der Waals surface area contributed by atoms with Crippen LogP contribution in [0.25, 0.3) is 11.0 Å². The van der Waals surface area contributed by atoms with Crippen molar-refractivity contribution in [1.82, 2.24) is 19.7 Å². The van der Waals surface area contributed by atoms with E-state index >= 15 is 0 Å². The summed E-state index contributed by atoms with van der Waals surface area (Å²) in [6.07, 6.45) is 3.84. The van der Waals surface area contributed by atoms with E-state index in [1.165, 1.54) is 6.33 Å². The maximum atomic E-state index is 12.3. The zero-order valence-electron chi connectivity index (χ0n) is 13.4. The lowest BCUT2D eigenvalue weighted by Crippen LogP contribution is -2.32. The van der Waals surface area contributed by atoms with Crippen LogP contribution in [-0.4, -0.2) is 37.9 Å². The van der Waals surface area contributed by atoms with Crippen molar-refractivity contribution in [2.24, 2.45) is 0 Å². The van der Waals surface area contributed by atoms with Crippen molar-refractivity contribution in [3.8, 4) is 0 Å². The van der Waals surface area contributed by atoms with Crippen molar-refractivity contribution in [2.45, 2.75) is 51.5 Å². The number of nitrogen functional groups attached to an aromatic ring is 1. The normalized spacial score (nSPS) is 18.6. The maximum absolute atomic E-state index is 12.3. The average molecular weight is 427 g/mol. The van der Waals surface area contributed by atoms with E-state index in [0.29, 0.717) is 12.1 Å². The van der Waals surface area contributed by atoms with Crippen LogP contribution in [0.3, 0.4) is 0 Å². The molecule has 7 nitrogen and oxygen atoms in total. The second kappa shape index (κ2) is 5.92. The first-order valence-electron chi connectivity index (χ1n) is 7.63. The predicted molar refractivity (Wildman–Crippen MR) is 97.7 cm³/mol.